The number of hydrogen-bond donors (Lipinski definition) is 1. The number of thioether (sulfide) groups is 1. The molecule has 0 atom stereocenters. The lowest BCUT2D eigenvalue weighted by Gasteiger charge is -2.10. The number of methoxy groups -OCH3 is 2. The van der Waals surface area contributed by atoms with Crippen LogP contribution in [0.15, 0.2) is 57.2 Å². The Morgan fingerprint density at radius 3 is 2.58 bits per heavy atom. The van der Waals surface area contributed by atoms with Crippen LogP contribution in [0, 0.1) is 0 Å². The first-order valence-electron chi connectivity index (χ1n) is 9.41. The van der Waals surface area contributed by atoms with E-state index >= 15 is 0 Å². The zero-order chi connectivity index (χ0) is 22.2. The van der Waals surface area contributed by atoms with Crippen molar-refractivity contribution in [2.24, 2.45) is 5.10 Å². The molecule has 0 spiro atoms. The van der Waals surface area contributed by atoms with Gasteiger partial charge in [-0.25, -0.2) is 5.43 Å². The summed E-state index contributed by atoms with van der Waals surface area (Å²) >= 11 is 4.68. The smallest absolute Gasteiger partial charge is 0.250 e. The average Bonchev–Trinajstić information content (AvgIpc) is 3.21. The van der Waals surface area contributed by atoms with Gasteiger partial charge in [0.25, 0.3) is 5.91 Å². The third-order valence-electron chi connectivity index (χ3n) is 4.28. The third-order valence-corrected chi connectivity index (χ3v) is 5.78. The van der Waals surface area contributed by atoms with Gasteiger partial charge in [0, 0.05) is 16.6 Å². The van der Waals surface area contributed by atoms with E-state index in [4.69, 9.17) is 9.47 Å². The van der Waals surface area contributed by atoms with Crippen molar-refractivity contribution >= 4 is 39.8 Å². The lowest BCUT2D eigenvalue weighted by molar-refractivity contribution is -0.118. The van der Waals surface area contributed by atoms with Crippen LogP contribution < -0.4 is 14.9 Å². The first kappa shape index (κ1) is 22.8. The van der Waals surface area contributed by atoms with Gasteiger partial charge in [-0.15, -0.1) is 10.2 Å². The summed E-state index contributed by atoms with van der Waals surface area (Å²) in [5.74, 6) is 1.89. The van der Waals surface area contributed by atoms with E-state index in [1.165, 1.54) is 11.8 Å². The maximum atomic E-state index is 12.2. The van der Waals surface area contributed by atoms with Crippen LogP contribution in [0.3, 0.4) is 0 Å². The van der Waals surface area contributed by atoms with Crippen LogP contribution in [0.5, 0.6) is 11.5 Å². The molecule has 1 amide bonds. The molecule has 1 aromatic heterocycles. The summed E-state index contributed by atoms with van der Waals surface area (Å²) in [5.41, 5.74) is 4.27. The van der Waals surface area contributed by atoms with Crippen molar-refractivity contribution in [2.45, 2.75) is 18.6 Å². The lowest BCUT2D eigenvalue weighted by atomic mass is 10.2. The number of ether oxygens (including phenoxy) is 2. The molecule has 3 aromatic rings. The van der Waals surface area contributed by atoms with Crippen molar-refractivity contribution in [3.05, 3.63) is 52.5 Å². The Bertz CT molecular complexity index is 1070. The van der Waals surface area contributed by atoms with Crippen molar-refractivity contribution in [3.63, 3.8) is 0 Å². The standard InChI is InChI=1S/C21H22BrN5O3S/c1-4-27-20(15-7-10-17(29-2)18(11-15)30-3)25-26-21(27)31-13-19(28)24-23-12-14-5-8-16(22)9-6-14/h5-12H,4,13H2,1-3H3,(H,24,28). The number of nitrogens with zero attached hydrogens (tertiary/aromatic N) is 4. The fourth-order valence-electron chi connectivity index (χ4n) is 2.76. The van der Waals surface area contributed by atoms with E-state index in [2.05, 4.69) is 36.7 Å². The average molecular weight is 504 g/mol. The largest absolute Gasteiger partial charge is 0.493 e. The third kappa shape index (κ3) is 5.86. The van der Waals surface area contributed by atoms with Gasteiger partial charge in [0.1, 0.15) is 0 Å². The topological polar surface area (TPSA) is 90.6 Å². The molecule has 3 rings (SSSR count). The van der Waals surface area contributed by atoms with E-state index in [-0.39, 0.29) is 11.7 Å². The molecule has 0 aliphatic rings. The lowest BCUT2D eigenvalue weighted by Crippen LogP contribution is -2.20. The molecule has 0 radical (unpaired) electrons. The number of carbonyl (C=O) groups is 1. The van der Waals surface area contributed by atoms with Crippen molar-refractivity contribution in [1.29, 1.82) is 0 Å². The molecule has 0 aliphatic carbocycles. The molecule has 0 fully saturated rings. The number of aromatic nitrogens is 3. The van der Waals surface area contributed by atoms with E-state index in [0.29, 0.717) is 29.0 Å². The van der Waals surface area contributed by atoms with Crippen LogP contribution in [0.1, 0.15) is 12.5 Å². The molecule has 1 N–H and O–H groups in total. The van der Waals surface area contributed by atoms with Gasteiger partial charge in [-0.1, -0.05) is 39.8 Å². The SMILES string of the molecule is CCn1c(SCC(=O)NN=Cc2ccc(Br)cc2)nnc1-c1ccc(OC)c(OC)c1. The first-order chi connectivity index (χ1) is 15.0. The van der Waals surface area contributed by atoms with Crippen LogP contribution in [-0.2, 0) is 11.3 Å². The van der Waals surface area contributed by atoms with Gasteiger partial charge in [-0.2, -0.15) is 5.10 Å². The monoisotopic (exact) mass is 503 g/mol. The summed E-state index contributed by atoms with van der Waals surface area (Å²) < 4.78 is 13.6. The molecule has 162 valence electrons. The number of amides is 1. The maximum Gasteiger partial charge on any atom is 0.250 e. The van der Waals surface area contributed by atoms with E-state index in [1.54, 1.807) is 20.4 Å². The van der Waals surface area contributed by atoms with Crippen LogP contribution in [0.25, 0.3) is 11.4 Å². The van der Waals surface area contributed by atoms with Crippen molar-refractivity contribution in [1.82, 2.24) is 20.2 Å². The zero-order valence-corrected chi connectivity index (χ0v) is 19.7. The molecule has 0 unspecified atom stereocenters. The first-order valence-corrected chi connectivity index (χ1v) is 11.2. The van der Waals surface area contributed by atoms with E-state index in [1.807, 2.05) is 54.0 Å². The quantitative estimate of drug-likeness (QED) is 0.269. The summed E-state index contributed by atoms with van der Waals surface area (Å²) in [6.07, 6.45) is 1.60. The number of halogens is 1. The van der Waals surface area contributed by atoms with Gasteiger partial charge in [-0.05, 0) is 42.8 Å². The van der Waals surface area contributed by atoms with Crippen molar-refractivity contribution in [3.8, 4) is 22.9 Å². The Morgan fingerprint density at radius 2 is 1.90 bits per heavy atom. The van der Waals surface area contributed by atoms with Gasteiger partial charge in [-0.3, -0.25) is 4.79 Å². The highest BCUT2D eigenvalue weighted by molar-refractivity contribution is 9.10. The molecular formula is C21H22BrN5O3S. The number of rotatable bonds is 9. The highest BCUT2D eigenvalue weighted by atomic mass is 79.9. The van der Waals surface area contributed by atoms with Crippen LogP contribution in [0.2, 0.25) is 0 Å². The molecule has 0 saturated heterocycles. The molecule has 0 bridgehead atoms. The zero-order valence-electron chi connectivity index (χ0n) is 17.3. The number of carbonyl (C=O) groups excluding carboxylic acids is 1. The van der Waals surface area contributed by atoms with Gasteiger partial charge in [0.05, 0.1) is 26.2 Å². The molecule has 31 heavy (non-hydrogen) atoms. The van der Waals surface area contributed by atoms with E-state index in [0.717, 1.165) is 15.6 Å². The molecule has 2 aromatic carbocycles. The highest BCUT2D eigenvalue weighted by Crippen LogP contribution is 2.32. The fraction of sp³-hybridized carbons (Fsp3) is 0.238. The van der Waals surface area contributed by atoms with Crippen LogP contribution in [-0.4, -0.2) is 46.9 Å². The summed E-state index contributed by atoms with van der Waals surface area (Å²) in [5, 5.41) is 13.2. The maximum absolute atomic E-state index is 12.2. The molecular weight excluding hydrogens is 482 g/mol. The van der Waals surface area contributed by atoms with Crippen LogP contribution >= 0.6 is 27.7 Å². The molecule has 1 heterocycles. The Morgan fingerprint density at radius 1 is 1.16 bits per heavy atom. The number of hydrazone groups is 1. The predicted molar refractivity (Wildman–Crippen MR) is 125 cm³/mol. The summed E-state index contributed by atoms with van der Waals surface area (Å²) in [4.78, 5) is 12.2. The van der Waals surface area contributed by atoms with E-state index in [9.17, 15) is 4.79 Å². The molecule has 0 saturated carbocycles. The van der Waals surface area contributed by atoms with Gasteiger partial charge in [0.2, 0.25) is 0 Å². The number of nitrogens with one attached hydrogen (secondary N) is 1. The Balaban J connectivity index is 1.64. The summed E-state index contributed by atoms with van der Waals surface area (Å²) in [6.45, 7) is 2.66. The second-order valence-electron chi connectivity index (χ2n) is 6.25. The van der Waals surface area contributed by atoms with Crippen molar-refractivity contribution < 1.29 is 14.3 Å². The van der Waals surface area contributed by atoms with Gasteiger partial charge < -0.3 is 14.0 Å². The second-order valence-corrected chi connectivity index (χ2v) is 8.11. The van der Waals surface area contributed by atoms with Gasteiger partial charge in [0.15, 0.2) is 22.5 Å². The molecule has 10 heteroatoms. The number of benzene rings is 2. The minimum Gasteiger partial charge on any atom is -0.493 e. The van der Waals surface area contributed by atoms with Gasteiger partial charge >= 0.3 is 0 Å². The summed E-state index contributed by atoms with van der Waals surface area (Å²) in [6, 6.07) is 13.2. The minimum atomic E-state index is -0.225. The Kier molecular flexibility index (Phi) is 8.07. The normalized spacial score (nSPS) is 11.0. The van der Waals surface area contributed by atoms with Crippen LogP contribution in [0.4, 0.5) is 0 Å². The Labute approximate surface area is 193 Å². The predicted octanol–water partition coefficient (Wildman–Crippen LogP) is 3.99. The van der Waals surface area contributed by atoms with Crippen molar-refractivity contribution in [2.75, 3.05) is 20.0 Å². The second kappa shape index (κ2) is 11.0. The summed E-state index contributed by atoms with van der Waals surface area (Å²) in [7, 11) is 3.18. The minimum absolute atomic E-state index is 0.168. The van der Waals surface area contributed by atoms with E-state index < -0.39 is 0 Å². The number of hydrogen-bond acceptors (Lipinski definition) is 7. The molecule has 8 nitrogen and oxygen atoms in total. The highest BCUT2D eigenvalue weighted by Gasteiger charge is 2.16. The fourth-order valence-corrected chi connectivity index (χ4v) is 3.82. The molecule has 0 aliphatic heterocycles. The Hall–Kier alpha value is -2.85.